The Hall–Kier alpha value is -1.36. The average Bonchev–Trinajstić information content (AvgIpc) is 2.90. The van der Waals surface area contributed by atoms with Crippen molar-refractivity contribution in [2.24, 2.45) is 5.92 Å². The number of amides is 1. The minimum atomic E-state index is -0.0829. The van der Waals surface area contributed by atoms with Crippen LogP contribution in [0.2, 0.25) is 0 Å². The molecule has 0 radical (unpaired) electrons. The molecule has 2 heterocycles. The largest absolute Gasteiger partial charge is 0.337 e. The van der Waals surface area contributed by atoms with Gasteiger partial charge in [0.05, 0.1) is 0 Å². The molecule has 0 saturated carbocycles. The van der Waals surface area contributed by atoms with Crippen molar-refractivity contribution in [2.75, 3.05) is 26.2 Å². The molecule has 1 aliphatic rings. The Morgan fingerprint density at radius 2 is 2.24 bits per heavy atom. The van der Waals surface area contributed by atoms with Crippen LogP contribution in [0, 0.1) is 5.92 Å². The Bertz CT molecular complexity index is 341. The predicted octanol–water partition coefficient (Wildman–Crippen LogP) is 1.17. The number of likely N-dealkylation sites (tertiary alicyclic amines) is 1. The normalized spacial score (nSPS) is 18.2. The molecule has 0 aliphatic carbocycles. The SMILES string of the molecule is CCN1CCC(CNC(=O)n2ccnc2)CC1. The maximum absolute atomic E-state index is 11.7. The van der Waals surface area contributed by atoms with E-state index in [1.165, 1.54) is 23.7 Å². The Morgan fingerprint density at radius 3 is 2.82 bits per heavy atom. The number of piperidine rings is 1. The summed E-state index contributed by atoms with van der Waals surface area (Å²) >= 11 is 0. The molecule has 1 N–H and O–H groups in total. The average molecular weight is 236 g/mol. The zero-order valence-corrected chi connectivity index (χ0v) is 10.3. The second-order valence-electron chi connectivity index (χ2n) is 4.53. The number of nitrogens with one attached hydrogen (secondary N) is 1. The molecule has 0 unspecified atom stereocenters. The first-order valence-corrected chi connectivity index (χ1v) is 6.28. The molecule has 1 amide bonds. The molecule has 0 aromatic carbocycles. The number of rotatable bonds is 3. The minimum absolute atomic E-state index is 0.0829. The maximum atomic E-state index is 11.7. The number of carbonyl (C=O) groups excluding carboxylic acids is 1. The lowest BCUT2D eigenvalue weighted by Gasteiger charge is -2.30. The number of carbonyl (C=O) groups is 1. The minimum Gasteiger partial charge on any atom is -0.337 e. The van der Waals surface area contributed by atoms with Crippen molar-refractivity contribution in [3.8, 4) is 0 Å². The predicted molar refractivity (Wildman–Crippen MR) is 65.9 cm³/mol. The van der Waals surface area contributed by atoms with Gasteiger partial charge in [0.25, 0.3) is 0 Å². The molecule has 5 heteroatoms. The standard InChI is InChI=1S/C12H20N4O/c1-2-15-6-3-11(4-7-15)9-14-12(17)16-8-5-13-10-16/h5,8,10-11H,2-4,6-7,9H2,1H3,(H,14,17). The van der Waals surface area contributed by atoms with Crippen LogP contribution in [-0.4, -0.2) is 46.7 Å². The first-order valence-electron chi connectivity index (χ1n) is 6.28. The number of hydrogen-bond acceptors (Lipinski definition) is 3. The third kappa shape index (κ3) is 3.30. The number of aromatic nitrogens is 2. The van der Waals surface area contributed by atoms with Crippen LogP contribution in [0.1, 0.15) is 19.8 Å². The van der Waals surface area contributed by atoms with E-state index in [2.05, 4.69) is 22.1 Å². The van der Waals surface area contributed by atoms with Gasteiger partial charge in [-0.25, -0.2) is 9.78 Å². The lowest BCUT2D eigenvalue weighted by Crippen LogP contribution is -2.39. The fourth-order valence-electron chi connectivity index (χ4n) is 2.21. The van der Waals surface area contributed by atoms with Gasteiger partial charge in [0, 0.05) is 18.9 Å². The van der Waals surface area contributed by atoms with E-state index in [0.717, 1.165) is 26.2 Å². The molecule has 0 atom stereocenters. The molecule has 94 valence electrons. The van der Waals surface area contributed by atoms with Crippen molar-refractivity contribution in [1.29, 1.82) is 0 Å². The van der Waals surface area contributed by atoms with Gasteiger partial charge in [-0.05, 0) is 38.4 Å². The lowest BCUT2D eigenvalue weighted by atomic mass is 9.97. The first-order chi connectivity index (χ1) is 8.29. The van der Waals surface area contributed by atoms with E-state index in [-0.39, 0.29) is 6.03 Å². The number of nitrogens with zero attached hydrogens (tertiary/aromatic N) is 3. The Kier molecular flexibility index (Phi) is 4.14. The van der Waals surface area contributed by atoms with Gasteiger partial charge in [0.2, 0.25) is 0 Å². The van der Waals surface area contributed by atoms with Crippen LogP contribution in [0.5, 0.6) is 0 Å². The van der Waals surface area contributed by atoms with Gasteiger partial charge >= 0.3 is 6.03 Å². The second kappa shape index (κ2) is 5.82. The van der Waals surface area contributed by atoms with E-state index < -0.39 is 0 Å². The zero-order chi connectivity index (χ0) is 12.1. The van der Waals surface area contributed by atoms with E-state index in [1.807, 2.05) is 0 Å². The van der Waals surface area contributed by atoms with Crippen molar-refractivity contribution in [1.82, 2.24) is 19.8 Å². The van der Waals surface area contributed by atoms with Gasteiger partial charge in [-0.2, -0.15) is 0 Å². The summed E-state index contributed by atoms with van der Waals surface area (Å²) < 4.78 is 1.47. The summed E-state index contributed by atoms with van der Waals surface area (Å²) in [4.78, 5) is 18.0. The highest BCUT2D eigenvalue weighted by atomic mass is 16.2. The van der Waals surface area contributed by atoms with Gasteiger partial charge in [-0.1, -0.05) is 6.92 Å². The van der Waals surface area contributed by atoms with E-state index >= 15 is 0 Å². The first kappa shape index (κ1) is 12.1. The van der Waals surface area contributed by atoms with Gasteiger partial charge in [-0.3, -0.25) is 4.57 Å². The quantitative estimate of drug-likeness (QED) is 0.857. The molecule has 1 aromatic heterocycles. The highest BCUT2D eigenvalue weighted by molar-refractivity contribution is 5.76. The van der Waals surface area contributed by atoms with Crippen LogP contribution in [0.25, 0.3) is 0 Å². The summed E-state index contributed by atoms with van der Waals surface area (Å²) in [5, 5.41) is 2.95. The van der Waals surface area contributed by atoms with Crippen LogP contribution in [0.4, 0.5) is 4.79 Å². The summed E-state index contributed by atoms with van der Waals surface area (Å²) in [6.07, 6.45) is 7.15. The summed E-state index contributed by atoms with van der Waals surface area (Å²) in [6.45, 7) is 6.41. The van der Waals surface area contributed by atoms with Gasteiger partial charge in [-0.15, -0.1) is 0 Å². The second-order valence-corrected chi connectivity index (χ2v) is 4.53. The molecule has 1 aromatic rings. The van der Waals surface area contributed by atoms with Crippen LogP contribution < -0.4 is 5.32 Å². The number of hydrogen-bond donors (Lipinski definition) is 1. The zero-order valence-electron chi connectivity index (χ0n) is 10.3. The molecule has 0 spiro atoms. The molecule has 5 nitrogen and oxygen atoms in total. The molecule has 1 aliphatic heterocycles. The molecular formula is C12H20N4O. The van der Waals surface area contributed by atoms with E-state index in [1.54, 1.807) is 12.4 Å². The van der Waals surface area contributed by atoms with Crippen molar-refractivity contribution >= 4 is 6.03 Å². The fourth-order valence-corrected chi connectivity index (χ4v) is 2.21. The monoisotopic (exact) mass is 236 g/mol. The molecular weight excluding hydrogens is 216 g/mol. The molecule has 1 fully saturated rings. The summed E-state index contributed by atoms with van der Waals surface area (Å²) in [5.74, 6) is 0.616. The molecule has 0 bridgehead atoms. The molecule has 1 saturated heterocycles. The van der Waals surface area contributed by atoms with Crippen molar-refractivity contribution < 1.29 is 4.79 Å². The van der Waals surface area contributed by atoms with E-state index in [9.17, 15) is 4.79 Å². The van der Waals surface area contributed by atoms with Gasteiger partial charge < -0.3 is 10.2 Å². The highest BCUT2D eigenvalue weighted by Crippen LogP contribution is 2.15. The van der Waals surface area contributed by atoms with Gasteiger partial charge in [0.1, 0.15) is 6.33 Å². The van der Waals surface area contributed by atoms with Crippen LogP contribution in [-0.2, 0) is 0 Å². The van der Waals surface area contributed by atoms with Crippen molar-refractivity contribution in [2.45, 2.75) is 19.8 Å². The van der Waals surface area contributed by atoms with E-state index in [4.69, 9.17) is 0 Å². The third-order valence-corrected chi connectivity index (χ3v) is 3.44. The van der Waals surface area contributed by atoms with Gasteiger partial charge in [0.15, 0.2) is 0 Å². The Balaban J connectivity index is 1.71. The van der Waals surface area contributed by atoms with Crippen LogP contribution >= 0.6 is 0 Å². The maximum Gasteiger partial charge on any atom is 0.326 e. The Labute approximate surface area is 102 Å². The molecule has 2 rings (SSSR count). The topological polar surface area (TPSA) is 50.2 Å². The van der Waals surface area contributed by atoms with Crippen LogP contribution in [0.15, 0.2) is 18.7 Å². The summed E-state index contributed by atoms with van der Waals surface area (Å²) in [7, 11) is 0. The molecule has 17 heavy (non-hydrogen) atoms. The third-order valence-electron chi connectivity index (χ3n) is 3.44. The fraction of sp³-hybridized carbons (Fsp3) is 0.667. The van der Waals surface area contributed by atoms with E-state index in [0.29, 0.717) is 5.92 Å². The highest BCUT2D eigenvalue weighted by Gasteiger charge is 2.18. The lowest BCUT2D eigenvalue weighted by molar-refractivity contribution is 0.188. The van der Waals surface area contributed by atoms with Crippen molar-refractivity contribution in [3.63, 3.8) is 0 Å². The van der Waals surface area contributed by atoms with Crippen LogP contribution in [0.3, 0.4) is 0 Å². The number of imidazole rings is 1. The smallest absolute Gasteiger partial charge is 0.326 e. The summed E-state index contributed by atoms with van der Waals surface area (Å²) in [5.41, 5.74) is 0. The van der Waals surface area contributed by atoms with Crippen molar-refractivity contribution in [3.05, 3.63) is 18.7 Å². The summed E-state index contributed by atoms with van der Waals surface area (Å²) in [6, 6.07) is -0.0829. The Morgan fingerprint density at radius 1 is 1.47 bits per heavy atom.